The molecule has 0 atom stereocenters. The summed E-state index contributed by atoms with van der Waals surface area (Å²) in [5, 5.41) is 3.45. The zero-order chi connectivity index (χ0) is 16.9. The largest absolute Gasteiger partial charge is 0.382 e. The number of carbonyl (C=O) groups excluding carboxylic acids is 1. The average Bonchev–Trinajstić information content (AvgIpc) is 2.61. The Morgan fingerprint density at radius 1 is 1.38 bits per heavy atom. The van der Waals surface area contributed by atoms with Crippen LogP contribution in [0.15, 0.2) is 23.0 Å². The maximum Gasteiger partial charge on any atom is 0.261 e. The van der Waals surface area contributed by atoms with Gasteiger partial charge < -0.3 is 10.1 Å². The van der Waals surface area contributed by atoms with Crippen LogP contribution in [0.5, 0.6) is 0 Å². The number of rotatable bonds is 6. The van der Waals surface area contributed by atoms with Crippen LogP contribution in [0.4, 0.5) is 0 Å². The summed E-state index contributed by atoms with van der Waals surface area (Å²) in [5.41, 5.74) is 1.14. The number of nitrogens with zero attached hydrogens (tertiary/aromatic N) is 2. The zero-order valence-electron chi connectivity index (χ0n) is 14.0. The van der Waals surface area contributed by atoms with E-state index in [0.29, 0.717) is 36.2 Å². The Labute approximate surface area is 140 Å². The molecule has 1 aliphatic rings. The van der Waals surface area contributed by atoms with Gasteiger partial charge in [0.2, 0.25) is 0 Å². The molecular weight excluding hydrogens is 306 g/mol. The minimum Gasteiger partial charge on any atom is -0.382 e. The molecule has 6 nitrogen and oxygen atoms in total. The molecule has 2 heterocycles. The second-order valence-electron chi connectivity index (χ2n) is 5.98. The van der Waals surface area contributed by atoms with Crippen LogP contribution in [0.1, 0.15) is 42.4 Å². The van der Waals surface area contributed by atoms with E-state index in [1.54, 1.807) is 22.8 Å². The third-order valence-corrected chi connectivity index (χ3v) is 4.28. The van der Waals surface area contributed by atoms with Gasteiger partial charge in [-0.3, -0.25) is 14.2 Å². The van der Waals surface area contributed by atoms with Gasteiger partial charge in [-0.05, 0) is 44.4 Å². The third kappa shape index (κ3) is 3.48. The number of aromatic nitrogens is 2. The fourth-order valence-corrected chi connectivity index (χ4v) is 3.01. The van der Waals surface area contributed by atoms with E-state index in [1.165, 1.54) is 0 Å². The molecule has 24 heavy (non-hydrogen) atoms. The van der Waals surface area contributed by atoms with Crippen LogP contribution >= 0.6 is 0 Å². The highest BCUT2D eigenvalue weighted by molar-refractivity contribution is 5.97. The van der Waals surface area contributed by atoms with Gasteiger partial charge in [0.05, 0.1) is 10.9 Å². The molecule has 0 unspecified atom stereocenters. The van der Waals surface area contributed by atoms with E-state index in [9.17, 15) is 9.59 Å². The smallest absolute Gasteiger partial charge is 0.261 e. The topological polar surface area (TPSA) is 73.2 Å². The van der Waals surface area contributed by atoms with Crippen LogP contribution in [0.2, 0.25) is 0 Å². The first-order valence-electron chi connectivity index (χ1n) is 8.60. The first-order chi connectivity index (χ1) is 11.7. The average molecular weight is 329 g/mol. The van der Waals surface area contributed by atoms with Gasteiger partial charge >= 0.3 is 0 Å². The lowest BCUT2D eigenvalue weighted by Gasteiger charge is -2.17. The highest BCUT2D eigenvalue weighted by Gasteiger charge is 2.15. The predicted molar refractivity (Wildman–Crippen MR) is 92.4 cm³/mol. The van der Waals surface area contributed by atoms with Crippen LogP contribution in [-0.4, -0.2) is 35.2 Å². The highest BCUT2D eigenvalue weighted by atomic mass is 16.5. The van der Waals surface area contributed by atoms with E-state index in [2.05, 4.69) is 10.3 Å². The molecule has 3 rings (SSSR count). The Hall–Kier alpha value is -2.21. The van der Waals surface area contributed by atoms with Gasteiger partial charge in [-0.15, -0.1) is 0 Å². The maximum absolute atomic E-state index is 12.5. The Morgan fingerprint density at radius 3 is 3.08 bits per heavy atom. The molecule has 1 aliphatic heterocycles. The summed E-state index contributed by atoms with van der Waals surface area (Å²) in [6.07, 6.45) is 3.67. The zero-order valence-corrected chi connectivity index (χ0v) is 14.0. The van der Waals surface area contributed by atoms with Crippen LogP contribution in [0.25, 0.3) is 10.9 Å². The number of amides is 1. The van der Waals surface area contributed by atoms with Crippen LogP contribution in [-0.2, 0) is 17.7 Å². The molecule has 128 valence electrons. The van der Waals surface area contributed by atoms with Crippen LogP contribution in [0.3, 0.4) is 0 Å². The number of aryl methyl sites for hydroxylation is 1. The lowest BCUT2D eigenvalue weighted by atomic mass is 10.1. The molecular formula is C18H23N3O3. The molecule has 0 spiro atoms. The van der Waals surface area contributed by atoms with Crippen molar-refractivity contribution >= 4 is 16.8 Å². The molecule has 1 aromatic carbocycles. The van der Waals surface area contributed by atoms with Crippen molar-refractivity contribution in [2.24, 2.45) is 0 Å². The van der Waals surface area contributed by atoms with Crippen molar-refractivity contribution in [3.8, 4) is 0 Å². The van der Waals surface area contributed by atoms with Crippen molar-refractivity contribution in [3.05, 3.63) is 39.9 Å². The highest BCUT2D eigenvalue weighted by Crippen LogP contribution is 2.16. The third-order valence-electron chi connectivity index (χ3n) is 4.28. The number of ether oxygens (including phenoxy) is 1. The fourth-order valence-electron chi connectivity index (χ4n) is 3.01. The van der Waals surface area contributed by atoms with E-state index in [1.807, 2.05) is 6.92 Å². The number of hydrogen-bond donors (Lipinski definition) is 1. The molecule has 6 heteroatoms. The minimum absolute atomic E-state index is 0.00151. The van der Waals surface area contributed by atoms with Gasteiger partial charge in [0, 0.05) is 38.3 Å². The molecule has 1 aromatic heterocycles. The van der Waals surface area contributed by atoms with Crippen molar-refractivity contribution in [2.75, 3.05) is 19.8 Å². The van der Waals surface area contributed by atoms with Gasteiger partial charge in [0.25, 0.3) is 11.5 Å². The minimum atomic E-state index is -0.145. The van der Waals surface area contributed by atoms with Crippen LogP contribution in [0, 0.1) is 0 Å². The SMILES string of the molecule is CCOCCCNC(=O)c1ccc2c(=O)n3c(nc2c1)CCCC3. The second-order valence-corrected chi connectivity index (χ2v) is 5.98. The van der Waals surface area contributed by atoms with Crippen molar-refractivity contribution in [3.63, 3.8) is 0 Å². The Kier molecular flexibility index (Phi) is 5.25. The summed E-state index contributed by atoms with van der Waals surface area (Å²) in [5.74, 6) is 0.682. The van der Waals surface area contributed by atoms with E-state index in [4.69, 9.17) is 4.74 Å². The molecule has 0 saturated carbocycles. The number of fused-ring (bicyclic) bond motifs is 2. The van der Waals surface area contributed by atoms with E-state index in [-0.39, 0.29) is 11.5 Å². The quantitative estimate of drug-likeness (QED) is 0.822. The summed E-state index contributed by atoms with van der Waals surface area (Å²) in [6, 6.07) is 5.12. The summed E-state index contributed by atoms with van der Waals surface area (Å²) >= 11 is 0. The number of hydrogen-bond acceptors (Lipinski definition) is 4. The summed E-state index contributed by atoms with van der Waals surface area (Å²) < 4.78 is 7.01. The Morgan fingerprint density at radius 2 is 2.25 bits per heavy atom. The van der Waals surface area contributed by atoms with Gasteiger partial charge in [0.15, 0.2) is 0 Å². The molecule has 1 amide bonds. The molecule has 0 radical (unpaired) electrons. The lowest BCUT2D eigenvalue weighted by Crippen LogP contribution is -2.29. The Balaban J connectivity index is 1.78. The van der Waals surface area contributed by atoms with Crippen molar-refractivity contribution < 1.29 is 9.53 Å². The number of carbonyl (C=O) groups is 1. The van der Waals surface area contributed by atoms with Gasteiger partial charge in [-0.25, -0.2) is 4.98 Å². The standard InChI is InChI=1S/C18H23N3O3/c1-2-24-11-5-9-19-17(22)13-7-8-14-15(12-13)20-16-6-3-4-10-21(16)18(14)23/h7-8,12H,2-6,9-11H2,1H3,(H,19,22). The molecule has 0 saturated heterocycles. The lowest BCUT2D eigenvalue weighted by molar-refractivity contribution is 0.0944. The van der Waals surface area contributed by atoms with Gasteiger partial charge in [0.1, 0.15) is 5.82 Å². The van der Waals surface area contributed by atoms with E-state index >= 15 is 0 Å². The van der Waals surface area contributed by atoms with E-state index < -0.39 is 0 Å². The molecule has 2 aromatic rings. The first kappa shape index (κ1) is 16.6. The maximum atomic E-state index is 12.5. The second kappa shape index (κ2) is 7.57. The normalized spacial score (nSPS) is 13.7. The molecule has 0 fully saturated rings. The summed E-state index contributed by atoms with van der Waals surface area (Å²) in [7, 11) is 0. The van der Waals surface area contributed by atoms with Gasteiger partial charge in [-0.1, -0.05) is 0 Å². The molecule has 0 aliphatic carbocycles. The molecule has 1 N–H and O–H groups in total. The predicted octanol–water partition coefficient (Wildman–Crippen LogP) is 1.89. The first-order valence-corrected chi connectivity index (χ1v) is 8.60. The van der Waals surface area contributed by atoms with Crippen molar-refractivity contribution in [2.45, 2.75) is 39.2 Å². The summed E-state index contributed by atoms with van der Waals surface area (Å²) in [6.45, 7) is 4.57. The number of nitrogens with one attached hydrogen (secondary N) is 1. The van der Waals surface area contributed by atoms with Crippen molar-refractivity contribution in [1.82, 2.24) is 14.9 Å². The summed E-state index contributed by atoms with van der Waals surface area (Å²) in [4.78, 5) is 29.4. The number of benzene rings is 1. The molecule has 0 bridgehead atoms. The Bertz CT molecular complexity index is 798. The monoisotopic (exact) mass is 329 g/mol. The van der Waals surface area contributed by atoms with E-state index in [0.717, 1.165) is 38.1 Å². The van der Waals surface area contributed by atoms with Gasteiger partial charge in [-0.2, -0.15) is 0 Å². The van der Waals surface area contributed by atoms with Crippen LogP contribution < -0.4 is 10.9 Å². The fraction of sp³-hybridized carbons (Fsp3) is 0.500. The van der Waals surface area contributed by atoms with Crippen molar-refractivity contribution in [1.29, 1.82) is 0 Å².